The van der Waals surface area contributed by atoms with Crippen molar-refractivity contribution >= 4 is 12.2 Å². The molecular formula is C14H25NO10. The molecule has 0 bridgehead atoms. The molecule has 9 atom stereocenters. The lowest BCUT2D eigenvalue weighted by atomic mass is 10.00. The van der Waals surface area contributed by atoms with Gasteiger partial charge in [0.05, 0.1) is 12.7 Å². The first-order valence-corrected chi connectivity index (χ1v) is 7.68. The summed E-state index contributed by atoms with van der Waals surface area (Å²) in [6.45, 7) is 1.92. The lowest BCUT2D eigenvalue weighted by molar-refractivity contribution is -0.299. The Morgan fingerprint density at radius 3 is 2.28 bits per heavy atom. The number of nitrogens with one attached hydrogen (secondary N) is 1. The third kappa shape index (κ3) is 5.66. The number of hydrogen-bond donors (Lipinski definition) is 7. The fraction of sp³-hybridized carbons (Fsp3) is 0.857. The Bertz CT molecular complexity index is 449. The standard InChI is InChI=1S/C14H25NO10/c1-5-9(19)12(22)13(23)14(25-5)24-4-8(18)11(21)10(20)7(3-16)15-6(2)17/h3,5,7-14,18-23H,4H2,1-2H3,(H,15,17)/t5-,7-,8?,9+,10+,11+,12+,13-,14?/m0/s1. The smallest absolute Gasteiger partial charge is 0.217 e. The van der Waals surface area contributed by atoms with Crippen molar-refractivity contribution in [2.24, 2.45) is 0 Å². The summed E-state index contributed by atoms with van der Waals surface area (Å²) in [5.74, 6) is -0.616. The highest BCUT2D eigenvalue weighted by molar-refractivity contribution is 5.77. The fourth-order valence-electron chi connectivity index (χ4n) is 2.32. The average Bonchev–Trinajstić information content (AvgIpc) is 2.57. The van der Waals surface area contributed by atoms with Crippen LogP contribution in [0.1, 0.15) is 13.8 Å². The van der Waals surface area contributed by atoms with Crippen LogP contribution in [-0.4, -0.2) is 104 Å². The first kappa shape index (κ1) is 21.9. The highest BCUT2D eigenvalue weighted by Gasteiger charge is 2.43. The average molecular weight is 367 g/mol. The van der Waals surface area contributed by atoms with Crippen molar-refractivity contribution in [2.45, 2.75) is 68.9 Å². The Labute approximate surface area is 143 Å². The van der Waals surface area contributed by atoms with Crippen LogP contribution in [-0.2, 0) is 19.1 Å². The van der Waals surface area contributed by atoms with E-state index in [0.717, 1.165) is 6.92 Å². The molecular weight excluding hydrogens is 342 g/mol. The number of carbonyl (C=O) groups is 2. The topological polar surface area (TPSA) is 186 Å². The summed E-state index contributed by atoms with van der Waals surface area (Å²) in [5, 5.41) is 60.6. The van der Waals surface area contributed by atoms with E-state index in [0.29, 0.717) is 0 Å². The summed E-state index contributed by atoms with van der Waals surface area (Å²) >= 11 is 0. The van der Waals surface area contributed by atoms with E-state index in [1.165, 1.54) is 6.92 Å². The Kier molecular flexibility index (Phi) is 8.31. The Morgan fingerprint density at radius 2 is 1.76 bits per heavy atom. The van der Waals surface area contributed by atoms with Crippen molar-refractivity contribution in [3.63, 3.8) is 0 Å². The zero-order valence-corrected chi connectivity index (χ0v) is 13.8. The van der Waals surface area contributed by atoms with E-state index in [1.54, 1.807) is 0 Å². The van der Waals surface area contributed by atoms with Crippen molar-refractivity contribution in [1.82, 2.24) is 5.32 Å². The second kappa shape index (κ2) is 9.50. The van der Waals surface area contributed by atoms with Crippen LogP contribution in [0.4, 0.5) is 0 Å². The normalized spacial score (nSPS) is 34.6. The monoisotopic (exact) mass is 367 g/mol. The Morgan fingerprint density at radius 1 is 1.16 bits per heavy atom. The number of aliphatic hydroxyl groups excluding tert-OH is 6. The summed E-state index contributed by atoms with van der Waals surface area (Å²) in [5.41, 5.74) is 0. The molecule has 0 aliphatic carbocycles. The summed E-state index contributed by atoms with van der Waals surface area (Å²) in [7, 11) is 0. The molecule has 1 saturated heterocycles. The molecule has 0 aromatic carbocycles. The molecule has 1 heterocycles. The summed E-state index contributed by atoms with van der Waals surface area (Å²) in [6.07, 6.45) is -11.8. The Hall–Kier alpha value is -1.18. The van der Waals surface area contributed by atoms with Crippen molar-refractivity contribution in [2.75, 3.05) is 6.61 Å². The number of ether oxygens (including phenoxy) is 2. The highest BCUT2D eigenvalue weighted by atomic mass is 16.7. The molecule has 1 aliphatic rings. The van der Waals surface area contributed by atoms with Gasteiger partial charge in [-0.25, -0.2) is 0 Å². The molecule has 0 aromatic rings. The number of aliphatic hydroxyl groups is 6. The molecule has 0 aromatic heterocycles. The molecule has 0 saturated carbocycles. The van der Waals surface area contributed by atoms with Gasteiger partial charge in [-0.3, -0.25) is 4.79 Å². The molecule has 0 spiro atoms. The zero-order valence-electron chi connectivity index (χ0n) is 13.8. The first-order chi connectivity index (χ1) is 11.6. The van der Waals surface area contributed by atoms with Gasteiger partial charge >= 0.3 is 0 Å². The van der Waals surface area contributed by atoms with Gasteiger partial charge in [0.15, 0.2) is 6.29 Å². The third-order valence-corrected chi connectivity index (χ3v) is 3.87. The lowest BCUT2D eigenvalue weighted by Gasteiger charge is -2.39. The number of rotatable bonds is 8. The summed E-state index contributed by atoms with van der Waals surface area (Å²) in [6, 6.07) is -1.43. The number of amides is 1. The fourth-order valence-corrected chi connectivity index (χ4v) is 2.32. The molecule has 1 aliphatic heterocycles. The van der Waals surface area contributed by atoms with E-state index >= 15 is 0 Å². The predicted molar refractivity (Wildman–Crippen MR) is 80.0 cm³/mol. The maximum absolute atomic E-state index is 10.9. The quantitative estimate of drug-likeness (QED) is 0.207. The van der Waals surface area contributed by atoms with Gasteiger partial charge in [0.25, 0.3) is 0 Å². The minimum atomic E-state index is -1.85. The molecule has 11 heteroatoms. The van der Waals surface area contributed by atoms with Crippen LogP contribution in [0.3, 0.4) is 0 Å². The van der Waals surface area contributed by atoms with Crippen LogP contribution in [0.25, 0.3) is 0 Å². The van der Waals surface area contributed by atoms with Crippen molar-refractivity contribution in [3.8, 4) is 0 Å². The van der Waals surface area contributed by atoms with E-state index in [2.05, 4.69) is 5.32 Å². The van der Waals surface area contributed by atoms with Crippen molar-refractivity contribution in [3.05, 3.63) is 0 Å². The maximum Gasteiger partial charge on any atom is 0.217 e. The van der Waals surface area contributed by atoms with Gasteiger partial charge < -0.3 is 50.2 Å². The number of aldehydes is 1. The van der Waals surface area contributed by atoms with Gasteiger partial charge in [-0.1, -0.05) is 0 Å². The molecule has 146 valence electrons. The highest BCUT2D eigenvalue weighted by Crippen LogP contribution is 2.22. The molecule has 1 amide bonds. The maximum atomic E-state index is 10.9. The predicted octanol–water partition coefficient (Wildman–Crippen LogP) is -4.38. The van der Waals surface area contributed by atoms with E-state index in [4.69, 9.17) is 9.47 Å². The SMILES string of the molecule is CC(=O)N[C@@H](C=O)[C@@H](O)[C@H](O)C(O)COC1O[C@@H](C)[C@@H](O)[C@@H](O)[C@@H]1O. The molecule has 0 radical (unpaired) electrons. The van der Waals surface area contributed by atoms with Crippen LogP contribution in [0.15, 0.2) is 0 Å². The first-order valence-electron chi connectivity index (χ1n) is 7.68. The number of hydrogen-bond acceptors (Lipinski definition) is 10. The molecule has 1 rings (SSSR count). The molecule has 2 unspecified atom stereocenters. The lowest BCUT2D eigenvalue weighted by Crippen LogP contribution is -2.58. The van der Waals surface area contributed by atoms with Crippen LogP contribution in [0.2, 0.25) is 0 Å². The minimum absolute atomic E-state index is 0.205. The minimum Gasteiger partial charge on any atom is -0.388 e. The van der Waals surface area contributed by atoms with Gasteiger partial charge in [0.2, 0.25) is 5.91 Å². The molecule has 7 N–H and O–H groups in total. The molecule has 25 heavy (non-hydrogen) atoms. The number of carbonyl (C=O) groups excluding carboxylic acids is 2. The van der Waals surface area contributed by atoms with E-state index < -0.39 is 67.6 Å². The van der Waals surface area contributed by atoms with Gasteiger partial charge in [0, 0.05) is 6.92 Å². The van der Waals surface area contributed by atoms with E-state index in [1.807, 2.05) is 0 Å². The van der Waals surface area contributed by atoms with Gasteiger partial charge in [-0.05, 0) is 6.92 Å². The van der Waals surface area contributed by atoms with Crippen molar-refractivity contribution in [1.29, 1.82) is 0 Å². The van der Waals surface area contributed by atoms with Gasteiger partial charge in [-0.15, -0.1) is 0 Å². The van der Waals surface area contributed by atoms with Crippen LogP contribution in [0.5, 0.6) is 0 Å². The summed E-state index contributed by atoms with van der Waals surface area (Å²) < 4.78 is 10.2. The van der Waals surface area contributed by atoms with Crippen LogP contribution < -0.4 is 5.32 Å². The molecule has 11 nitrogen and oxygen atoms in total. The largest absolute Gasteiger partial charge is 0.388 e. The van der Waals surface area contributed by atoms with E-state index in [9.17, 15) is 40.2 Å². The third-order valence-electron chi connectivity index (χ3n) is 3.87. The second-order valence-corrected chi connectivity index (χ2v) is 5.93. The van der Waals surface area contributed by atoms with E-state index in [-0.39, 0.29) is 6.29 Å². The zero-order chi connectivity index (χ0) is 19.3. The van der Waals surface area contributed by atoms with Crippen molar-refractivity contribution < 1.29 is 49.7 Å². The van der Waals surface area contributed by atoms with Crippen LogP contribution >= 0.6 is 0 Å². The molecule has 1 fully saturated rings. The van der Waals surface area contributed by atoms with Gasteiger partial charge in [0.1, 0.15) is 49.0 Å². The summed E-state index contributed by atoms with van der Waals surface area (Å²) in [4.78, 5) is 21.8. The Balaban J connectivity index is 2.58. The van der Waals surface area contributed by atoms with Gasteiger partial charge in [-0.2, -0.15) is 0 Å². The van der Waals surface area contributed by atoms with Crippen LogP contribution in [0, 0.1) is 0 Å². The second-order valence-electron chi connectivity index (χ2n) is 5.93.